The Balaban J connectivity index is 1.99. The van der Waals surface area contributed by atoms with Gasteiger partial charge in [0.25, 0.3) is 0 Å². The van der Waals surface area contributed by atoms with E-state index in [1.807, 2.05) is 6.92 Å². The smallest absolute Gasteiger partial charge is 0.233 e. The first-order chi connectivity index (χ1) is 10.7. The number of carbonyl (C=O) groups is 1. The largest absolute Gasteiger partial charge is 0.338 e. The molecule has 0 bridgehead atoms. The molecular weight excluding hydrogens is 283 g/mol. The summed E-state index contributed by atoms with van der Waals surface area (Å²) < 4.78 is 19.7. The molecule has 1 aliphatic heterocycles. The Hall–Kier alpha value is -2.43. The number of nitrogens with zero attached hydrogens (tertiary/aromatic N) is 1. The second kappa shape index (κ2) is 4.80. The van der Waals surface area contributed by atoms with Crippen LogP contribution in [-0.4, -0.2) is 10.9 Å². The lowest BCUT2D eigenvalue weighted by molar-refractivity contribution is -0.116. The van der Waals surface area contributed by atoms with Gasteiger partial charge in [-0.15, -0.1) is 0 Å². The molecule has 5 heteroatoms. The molecule has 22 heavy (non-hydrogen) atoms. The van der Waals surface area contributed by atoms with Crippen LogP contribution < -0.4 is 5.32 Å². The first-order valence-corrected chi connectivity index (χ1v) is 7.40. The Morgan fingerprint density at radius 1 is 1.32 bits per heavy atom. The Bertz CT molecular complexity index is 807. The van der Waals surface area contributed by atoms with Crippen molar-refractivity contribution in [2.24, 2.45) is 0 Å². The van der Waals surface area contributed by atoms with Crippen LogP contribution in [0.1, 0.15) is 42.0 Å². The summed E-state index contributed by atoms with van der Waals surface area (Å²) in [6, 6.07) is 6.59. The number of aromatic nitrogens is 1. The number of halogens is 1. The Kier molecular flexibility index (Phi) is 2.89. The van der Waals surface area contributed by atoms with Gasteiger partial charge in [0, 0.05) is 29.2 Å². The lowest BCUT2D eigenvalue weighted by Gasteiger charge is -2.31. The van der Waals surface area contributed by atoms with E-state index < -0.39 is 5.92 Å². The van der Waals surface area contributed by atoms with Crippen LogP contribution in [-0.2, 0) is 4.79 Å². The zero-order valence-electron chi connectivity index (χ0n) is 12.1. The van der Waals surface area contributed by atoms with Gasteiger partial charge in [0.1, 0.15) is 5.82 Å². The maximum absolute atomic E-state index is 14.4. The number of aryl methyl sites for hydroxylation is 1. The number of anilines is 1. The fraction of sp³-hybridized carbons (Fsp3) is 0.294. The van der Waals surface area contributed by atoms with Gasteiger partial charge < -0.3 is 9.84 Å². The first kappa shape index (κ1) is 13.2. The molecule has 1 N–H and O–H groups in total. The van der Waals surface area contributed by atoms with E-state index >= 15 is 0 Å². The maximum Gasteiger partial charge on any atom is 0.233 e. The van der Waals surface area contributed by atoms with Crippen molar-refractivity contribution in [3.8, 4) is 0 Å². The van der Waals surface area contributed by atoms with Crippen molar-refractivity contribution >= 4 is 11.7 Å². The fourth-order valence-electron chi connectivity index (χ4n) is 3.44. The van der Waals surface area contributed by atoms with Gasteiger partial charge in [0.15, 0.2) is 5.78 Å². The zero-order chi connectivity index (χ0) is 15.3. The number of benzene rings is 1. The van der Waals surface area contributed by atoms with E-state index in [2.05, 4.69) is 10.5 Å². The molecule has 0 saturated heterocycles. The van der Waals surface area contributed by atoms with E-state index in [4.69, 9.17) is 4.52 Å². The van der Waals surface area contributed by atoms with Gasteiger partial charge in [-0.2, -0.15) is 0 Å². The summed E-state index contributed by atoms with van der Waals surface area (Å²) in [6.07, 6.45) is 2.08. The van der Waals surface area contributed by atoms with Crippen LogP contribution in [0.15, 0.2) is 40.1 Å². The molecule has 1 atom stereocenters. The number of allylic oxidation sites excluding steroid dienone is 2. The average molecular weight is 298 g/mol. The van der Waals surface area contributed by atoms with Crippen molar-refractivity contribution in [2.75, 3.05) is 5.32 Å². The Morgan fingerprint density at radius 2 is 2.14 bits per heavy atom. The summed E-state index contributed by atoms with van der Waals surface area (Å²) in [5.74, 6) is -0.148. The molecule has 4 rings (SSSR count). The van der Waals surface area contributed by atoms with Crippen LogP contribution in [0.2, 0.25) is 0 Å². The first-order valence-electron chi connectivity index (χ1n) is 7.40. The van der Waals surface area contributed by atoms with E-state index in [-0.39, 0.29) is 11.6 Å². The third kappa shape index (κ3) is 1.81. The maximum atomic E-state index is 14.4. The lowest BCUT2D eigenvalue weighted by atomic mass is 9.76. The predicted molar refractivity (Wildman–Crippen MR) is 79.0 cm³/mol. The highest BCUT2D eigenvalue weighted by molar-refractivity contribution is 6.00. The summed E-state index contributed by atoms with van der Waals surface area (Å²) in [6.45, 7) is 1.82. The minimum absolute atomic E-state index is 0.0771. The van der Waals surface area contributed by atoms with Crippen molar-refractivity contribution in [1.29, 1.82) is 0 Å². The van der Waals surface area contributed by atoms with Crippen molar-refractivity contribution < 1.29 is 13.7 Å². The number of Topliss-reactive ketones (excluding diaryl/α,β-unsaturated/α-hetero) is 1. The molecular formula is C17H15FN2O2. The van der Waals surface area contributed by atoms with Gasteiger partial charge in [0.2, 0.25) is 5.88 Å². The van der Waals surface area contributed by atoms with Crippen LogP contribution in [0.25, 0.3) is 0 Å². The van der Waals surface area contributed by atoms with E-state index in [0.717, 1.165) is 24.1 Å². The number of carbonyl (C=O) groups excluding carboxylic acids is 1. The molecule has 0 saturated carbocycles. The van der Waals surface area contributed by atoms with Crippen molar-refractivity contribution in [3.63, 3.8) is 0 Å². The molecule has 112 valence electrons. The van der Waals surface area contributed by atoms with Crippen LogP contribution in [0, 0.1) is 12.7 Å². The van der Waals surface area contributed by atoms with Crippen LogP contribution in [0.5, 0.6) is 0 Å². The number of ketones is 1. The summed E-state index contributed by atoms with van der Waals surface area (Å²) in [5, 5.41) is 7.17. The number of rotatable bonds is 1. The van der Waals surface area contributed by atoms with Gasteiger partial charge in [-0.05, 0) is 25.8 Å². The van der Waals surface area contributed by atoms with Crippen molar-refractivity contribution in [3.05, 3.63) is 58.2 Å². The highest BCUT2D eigenvalue weighted by Gasteiger charge is 2.39. The van der Waals surface area contributed by atoms with E-state index in [1.54, 1.807) is 18.2 Å². The molecule has 0 radical (unpaired) electrons. The summed E-state index contributed by atoms with van der Waals surface area (Å²) in [5.41, 5.74) is 3.45. The lowest BCUT2D eigenvalue weighted by Crippen LogP contribution is -2.27. The summed E-state index contributed by atoms with van der Waals surface area (Å²) >= 11 is 0. The van der Waals surface area contributed by atoms with Crippen molar-refractivity contribution in [2.45, 2.75) is 32.1 Å². The molecule has 2 heterocycles. The molecule has 0 spiro atoms. The highest BCUT2D eigenvalue weighted by atomic mass is 19.1. The van der Waals surface area contributed by atoms with Gasteiger partial charge in [-0.3, -0.25) is 4.79 Å². The topological polar surface area (TPSA) is 55.1 Å². The molecule has 1 aromatic heterocycles. The van der Waals surface area contributed by atoms with Crippen LogP contribution in [0.3, 0.4) is 0 Å². The van der Waals surface area contributed by atoms with Crippen LogP contribution >= 0.6 is 0 Å². The minimum atomic E-state index is -0.438. The number of hydrogen-bond acceptors (Lipinski definition) is 4. The quantitative estimate of drug-likeness (QED) is 0.872. The molecule has 1 aromatic carbocycles. The standard InChI is InChI=1S/C17H15FN2O2/c1-9-14-15(10-5-2-3-6-11(10)18)16-12(7-4-8-13(16)21)19-17(14)22-20-9/h2-3,5-6,15,19H,4,7-8H2,1H3/t15-/m0/s1. The van der Waals surface area contributed by atoms with Gasteiger partial charge in [-0.25, -0.2) is 4.39 Å². The minimum Gasteiger partial charge on any atom is -0.338 e. The summed E-state index contributed by atoms with van der Waals surface area (Å²) in [4.78, 5) is 12.5. The highest BCUT2D eigenvalue weighted by Crippen LogP contribution is 2.46. The SMILES string of the molecule is Cc1noc2c1[C@H](c1ccccc1F)C1=C(CCCC1=O)N2. The molecule has 2 aromatic rings. The predicted octanol–water partition coefficient (Wildman–Crippen LogP) is 3.69. The molecule has 0 unspecified atom stereocenters. The molecule has 0 amide bonds. The number of hydrogen-bond donors (Lipinski definition) is 1. The molecule has 0 fully saturated rings. The second-order valence-electron chi connectivity index (χ2n) is 5.76. The Labute approximate surface area is 127 Å². The monoisotopic (exact) mass is 298 g/mol. The third-order valence-corrected chi connectivity index (χ3v) is 4.42. The van der Waals surface area contributed by atoms with Crippen LogP contribution in [0.4, 0.5) is 10.3 Å². The third-order valence-electron chi connectivity index (χ3n) is 4.42. The van der Waals surface area contributed by atoms with Crippen molar-refractivity contribution in [1.82, 2.24) is 5.16 Å². The molecule has 2 aliphatic rings. The van der Waals surface area contributed by atoms with Gasteiger partial charge in [-0.1, -0.05) is 23.4 Å². The molecule has 1 aliphatic carbocycles. The average Bonchev–Trinajstić information content (AvgIpc) is 2.88. The fourth-order valence-corrected chi connectivity index (χ4v) is 3.44. The van der Waals surface area contributed by atoms with E-state index in [9.17, 15) is 9.18 Å². The normalized spacial score (nSPS) is 20.5. The zero-order valence-corrected chi connectivity index (χ0v) is 12.1. The molecule has 4 nitrogen and oxygen atoms in total. The van der Waals surface area contributed by atoms with Gasteiger partial charge >= 0.3 is 0 Å². The number of fused-ring (bicyclic) bond motifs is 1. The van der Waals surface area contributed by atoms with E-state index in [0.29, 0.717) is 29.1 Å². The number of nitrogens with one attached hydrogen (secondary N) is 1. The van der Waals surface area contributed by atoms with Gasteiger partial charge in [0.05, 0.1) is 11.3 Å². The van der Waals surface area contributed by atoms with E-state index in [1.165, 1.54) is 6.07 Å². The summed E-state index contributed by atoms with van der Waals surface area (Å²) in [7, 11) is 0. The Morgan fingerprint density at radius 3 is 2.95 bits per heavy atom. The second-order valence-corrected chi connectivity index (χ2v) is 5.76.